The first-order chi connectivity index (χ1) is 19.7. The molecule has 1 saturated heterocycles. The predicted octanol–water partition coefficient (Wildman–Crippen LogP) is 5.87. The Morgan fingerprint density at radius 3 is 2.37 bits per heavy atom. The number of rotatable bonds is 6. The number of carbonyl (C=O) groups is 2. The van der Waals surface area contributed by atoms with Crippen LogP contribution in [0.5, 0.6) is 0 Å². The van der Waals surface area contributed by atoms with E-state index in [0.29, 0.717) is 32.6 Å². The first-order valence-corrected chi connectivity index (χ1v) is 14.6. The zero-order valence-electron chi connectivity index (χ0n) is 24.3. The maximum absolute atomic E-state index is 13.8. The second-order valence-corrected chi connectivity index (χ2v) is 11.8. The lowest BCUT2D eigenvalue weighted by Crippen LogP contribution is -2.57. The van der Waals surface area contributed by atoms with Crippen LogP contribution < -0.4 is 5.69 Å². The lowest BCUT2D eigenvalue weighted by atomic mass is 10.0. The Morgan fingerprint density at radius 2 is 1.66 bits per heavy atom. The van der Waals surface area contributed by atoms with Gasteiger partial charge in [-0.15, -0.1) is 0 Å². The van der Waals surface area contributed by atoms with Gasteiger partial charge in [0.25, 0.3) is 0 Å². The van der Waals surface area contributed by atoms with Crippen molar-refractivity contribution in [3.8, 4) is 0 Å². The third kappa shape index (κ3) is 6.66. The number of carbonyl (C=O) groups excluding carboxylic acids is 2. The Labute approximate surface area is 240 Å². The molecule has 9 nitrogen and oxygen atoms in total. The Hall–Kier alpha value is -4.01. The van der Waals surface area contributed by atoms with Crippen LogP contribution in [0.15, 0.2) is 65.5 Å². The van der Waals surface area contributed by atoms with Crippen LogP contribution in [0.25, 0.3) is 16.7 Å². The lowest BCUT2D eigenvalue weighted by molar-refractivity contribution is -0.00499. The van der Waals surface area contributed by atoms with E-state index in [4.69, 9.17) is 9.47 Å². The zero-order chi connectivity index (χ0) is 29.0. The predicted molar refractivity (Wildman–Crippen MR) is 158 cm³/mol. The van der Waals surface area contributed by atoms with E-state index in [9.17, 15) is 14.4 Å². The van der Waals surface area contributed by atoms with Gasteiger partial charge in [0, 0.05) is 31.9 Å². The molecule has 41 heavy (non-hydrogen) atoms. The monoisotopic (exact) mass is 560 g/mol. The molecule has 5 rings (SSSR count). The molecule has 9 heteroatoms. The fourth-order valence-electron chi connectivity index (χ4n) is 5.64. The summed E-state index contributed by atoms with van der Waals surface area (Å²) in [6.07, 6.45) is 5.89. The first-order valence-electron chi connectivity index (χ1n) is 14.6. The van der Waals surface area contributed by atoms with E-state index in [0.717, 1.165) is 48.0 Å². The van der Waals surface area contributed by atoms with Crippen LogP contribution in [0.4, 0.5) is 9.59 Å². The number of aryl methyl sites for hydroxylation is 1. The van der Waals surface area contributed by atoms with Gasteiger partial charge in [0.15, 0.2) is 0 Å². The molecule has 2 amide bonds. The van der Waals surface area contributed by atoms with E-state index < -0.39 is 17.8 Å². The molecule has 0 unspecified atom stereocenters. The van der Waals surface area contributed by atoms with Crippen molar-refractivity contribution in [2.24, 2.45) is 0 Å². The maximum Gasteiger partial charge on any atom is 0.410 e. The number of amides is 2. The smallest absolute Gasteiger partial charge is 0.410 e. The highest BCUT2D eigenvalue weighted by molar-refractivity contribution is 5.80. The molecule has 2 aromatic carbocycles. The van der Waals surface area contributed by atoms with Crippen molar-refractivity contribution in [2.45, 2.75) is 77.7 Å². The summed E-state index contributed by atoms with van der Waals surface area (Å²) >= 11 is 0. The van der Waals surface area contributed by atoms with Crippen molar-refractivity contribution < 1.29 is 19.1 Å². The van der Waals surface area contributed by atoms with Gasteiger partial charge >= 0.3 is 17.9 Å². The second kappa shape index (κ2) is 12.2. The quantitative estimate of drug-likeness (QED) is 0.377. The molecule has 0 N–H and O–H groups in total. The molecule has 1 fully saturated rings. The standard InChI is InChI=1S/C32H40N4O5/c1-32(2,3)41-31(39)34-21-20-33(30(38)40-23-24-12-6-4-7-13-24)22-26(34)18-19-35-27-16-10-11-17-28(27)36(29(35)37)25-14-8-5-9-15-25/h4,6-7,10-14,16-17,26H,5,8-9,15,18-23H2,1-3H3/t26-/m1/s1. The first kappa shape index (κ1) is 28.5. The van der Waals surface area contributed by atoms with Gasteiger partial charge in [-0.05, 0) is 70.6 Å². The number of ether oxygens (including phenoxy) is 2. The fourth-order valence-corrected chi connectivity index (χ4v) is 5.64. The molecule has 1 aliphatic heterocycles. The van der Waals surface area contributed by atoms with Crippen molar-refractivity contribution >= 4 is 28.9 Å². The molecular formula is C32H40N4O5. The average molecular weight is 561 g/mol. The fraction of sp³-hybridized carbons (Fsp3) is 0.469. The average Bonchev–Trinajstić information content (AvgIpc) is 3.25. The number of hydrogen-bond acceptors (Lipinski definition) is 5. The van der Waals surface area contributed by atoms with Crippen LogP contribution in [0.1, 0.15) is 58.4 Å². The summed E-state index contributed by atoms with van der Waals surface area (Å²) in [5.41, 5.74) is 3.00. The number of fused-ring (bicyclic) bond motifs is 1. The van der Waals surface area contributed by atoms with Crippen molar-refractivity contribution in [2.75, 3.05) is 19.6 Å². The normalized spacial score (nSPS) is 17.8. The molecule has 1 aromatic heterocycles. The molecule has 0 spiro atoms. The zero-order valence-corrected chi connectivity index (χ0v) is 24.3. The van der Waals surface area contributed by atoms with Crippen molar-refractivity contribution in [3.05, 3.63) is 76.7 Å². The third-order valence-electron chi connectivity index (χ3n) is 7.65. The molecule has 0 saturated carbocycles. The molecule has 2 aliphatic rings. The molecule has 0 radical (unpaired) electrons. The van der Waals surface area contributed by atoms with Gasteiger partial charge in [-0.2, -0.15) is 0 Å². The van der Waals surface area contributed by atoms with E-state index in [1.54, 1.807) is 14.4 Å². The number of piperazine rings is 1. The maximum atomic E-state index is 13.8. The van der Waals surface area contributed by atoms with Crippen LogP contribution in [0.3, 0.4) is 0 Å². The highest BCUT2D eigenvalue weighted by atomic mass is 16.6. The number of benzene rings is 2. The van der Waals surface area contributed by atoms with E-state index in [2.05, 4.69) is 6.08 Å². The number of para-hydroxylation sites is 2. The molecule has 0 bridgehead atoms. The van der Waals surface area contributed by atoms with Gasteiger partial charge in [-0.3, -0.25) is 9.13 Å². The summed E-state index contributed by atoms with van der Waals surface area (Å²) in [5.74, 6) is 0. The minimum absolute atomic E-state index is 0.0712. The molecule has 2 heterocycles. The van der Waals surface area contributed by atoms with Gasteiger partial charge in [-0.25, -0.2) is 14.4 Å². The molecule has 218 valence electrons. The Balaban J connectivity index is 1.36. The Morgan fingerprint density at radius 1 is 0.927 bits per heavy atom. The number of imidazole rings is 1. The summed E-state index contributed by atoms with van der Waals surface area (Å²) < 4.78 is 14.9. The van der Waals surface area contributed by atoms with E-state index in [1.165, 1.54) is 0 Å². The number of aromatic nitrogens is 2. The van der Waals surface area contributed by atoms with Gasteiger partial charge in [0.05, 0.1) is 17.1 Å². The minimum Gasteiger partial charge on any atom is -0.445 e. The number of nitrogens with zero attached hydrogens (tertiary/aromatic N) is 4. The second-order valence-electron chi connectivity index (χ2n) is 11.8. The highest BCUT2D eigenvalue weighted by Gasteiger charge is 2.35. The van der Waals surface area contributed by atoms with Gasteiger partial charge < -0.3 is 19.3 Å². The van der Waals surface area contributed by atoms with Crippen LogP contribution >= 0.6 is 0 Å². The summed E-state index contributed by atoms with van der Waals surface area (Å²) in [5, 5.41) is 0. The van der Waals surface area contributed by atoms with E-state index >= 15 is 0 Å². The summed E-state index contributed by atoms with van der Waals surface area (Å²) in [6, 6.07) is 17.1. The lowest BCUT2D eigenvalue weighted by Gasteiger charge is -2.41. The van der Waals surface area contributed by atoms with Crippen LogP contribution in [-0.4, -0.2) is 62.4 Å². The SMILES string of the molecule is CC(C)(C)OC(=O)N1CCN(C(=O)OCc2ccccc2)C[C@H]1CCn1c(=O)n(C2=CCCCC2)c2ccccc21. The Kier molecular flexibility index (Phi) is 8.52. The minimum atomic E-state index is -0.647. The van der Waals surface area contributed by atoms with Crippen LogP contribution in [0, 0.1) is 0 Å². The molecule has 1 aliphatic carbocycles. The van der Waals surface area contributed by atoms with Crippen molar-refractivity contribution in [3.63, 3.8) is 0 Å². The van der Waals surface area contributed by atoms with Crippen LogP contribution in [0.2, 0.25) is 0 Å². The van der Waals surface area contributed by atoms with Crippen molar-refractivity contribution in [1.82, 2.24) is 18.9 Å². The Bertz CT molecular complexity index is 1470. The molecule has 3 aromatic rings. The molecule has 1 atom stereocenters. The number of allylic oxidation sites excluding steroid dienone is 2. The summed E-state index contributed by atoms with van der Waals surface area (Å²) in [4.78, 5) is 43.3. The summed E-state index contributed by atoms with van der Waals surface area (Å²) in [6.45, 7) is 7.06. The topological polar surface area (TPSA) is 86.0 Å². The largest absolute Gasteiger partial charge is 0.445 e. The van der Waals surface area contributed by atoms with Gasteiger partial charge in [0.2, 0.25) is 0 Å². The van der Waals surface area contributed by atoms with Gasteiger partial charge in [-0.1, -0.05) is 48.5 Å². The van der Waals surface area contributed by atoms with Crippen LogP contribution in [-0.2, 0) is 22.6 Å². The third-order valence-corrected chi connectivity index (χ3v) is 7.65. The van der Waals surface area contributed by atoms with Crippen molar-refractivity contribution in [1.29, 1.82) is 0 Å². The van der Waals surface area contributed by atoms with Gasteiger partial charge in [0.1, 0.15) is 12.2 Å². The summed E-state index contributed by atoms with van der Waals surface area (Å²) in [7, 11) is 0. The highest BCUT2D eigenvalue weighted by Crippen LogP contribution is 2.26. The number of hydrogen-bond donors (Lipinski definition) is 0. The molecular weight excluding hydrogens is 520 g/mol. The van der Waals surface area contributed by atoms with E-state index in [1.807, 2.05) is 79.9 Å². The van der Waals surface area contributed by atoms with E-state index in [-0.39, 0.29) is 18.3 Å².